The fourth-order valence-corrected chi connectivity index (χ4v) is 1.67. The Kier molecular flexibility index (Phi) is 4.43. The monoisotopic (exact) mass is 263 g/mol. The smallest absolute Gasteiger partial charge is 0.243 e. The van der Waals surface area contributed by atoms with Crippen molar-refractivity contribution < 1.29 is 9.53 Å². The molecular formula is C12H17N5O2. The van der Waals surface area contributed by atoms with Crippen LogP contribution in [-0.4, -0.2) is 40.3 Å². The first-order valence-corrected chi connectivity index (χ1v) is 6.03. The Labute approximate surface area is 110 Å². The highest BCUT2D eigenvalue weighted by Gasteiger charge is 2.00. The lowest BCUT2D eigenvalue weighted by atomic mass is 10.3. The number of aryl methyl sites for hydroxylation is 1. The molecule has 0 atom stereocenters. The van der Waals surface area contributed by atoms with Crippen molar-refractivity contribution in [2.24, 2.45) is 5.73 Å². The summed E-state index contributed by atoms with van der Waals surface area (Å²) in [5.74, 6) is -0.455. The Balaban J connectivity index is 1.76. The molecule has 0 radical (unpaired) electrons. The van der Waals surface area contributed by atoms with Crippen molar-refractivity contribution in [2.75, 3.05) is 19.8 Å². The molecule has 2 aromatic heterocycles. The number of fused-ring (bicyclic) bond motifs is 1. The van der Waals surface area contributed by atoms with E-state index in [1.165, 1.54) is 0 Å². The van der Waals surface area contributed by atoms with Gasteiger partial charge in [-0.05, 0) is 6.92 Å². The maximum Gasteiger partial charge on any atom is 0.243 e. The van der Waals surface area contributed by atoms with Crippen LogP contribution in [-0.2, 0) is 16.1 Å². The number of hydrogen-bond acceptors (Lipinski definition) is 5. The van der Waals surface area contributed by atoms with E-state index in [0.717, 1.165) is 16.9 Å². The molecule has 0 aliphatic rings. The van der Waals surface area contributed by atoms with Crippen molar-refractivity contribution in [3.8, 4) is 0 Å². The zero-order chi connectivity index (χ0) is 13.7. The summed E-state index contributed by atoms with van der Waals surface area (Å²) in [6, 6.07) is 1.93. The first-order valence-electron chi connectivity index (χ1n) is 6.03. The van der Waals surface area contributed by atoms with E-state index in [1.54, 1.807) is 4.52 Å². The van der Waals surface area contributed by atoms with Gasteiger partial charge in [-0.25, -0.2) is 9.50 Å². The summed E-state index contributed by atoms with van der Waals surface area (Å²) < 4.78 is 6.80. The second-order valence-electron chi connectivity index (χ2n) is 4.25. The third kappa shape index (κ3) is 4.01. The van der Waals surface area contributed by atoms with Crippen molar-refractivity contribution >= 4 is 11.6 Å². The molecule has 7 nitrogen and oxygen atoms in total. The molecule has 1 amide bonds. The van der Waals surface area contributed by atoms with Gasteiger partial charge in [0.05, 0.1) is 12.3 Å². The first-order chi connectivity index (χ1) is 9.15. The molecule has 19 heavy (non-hydrogen) atoms. The van der Waals surface area contributed by atoms with E-state index in [0.29, 0.717) is 19.7 Å². The van der Waals surface area contributed by atoms with Crippen LogP contribution in [0.4, 0.5) is 0 Å². The number of rotatable bonds is 7. The summed E-state index contributed by atoms with van der Waals surface area (Å²) in [6.07, 6.45) is 3.75. The molecule has 0 bridgehead atoms. The predicted octanol–water partition coefficient (Wildman–Crippen LogP) is -0.371. The topological polar surface area (TPSA) is 94.5 Å². The van der Waals surface area contributed by atoms with E-state index in [2.05, 4.69) is 15.4 Å². The number of carbonyl (C=O) groups is 1. The predicted molar refractivity (Wildman–Crippen MR) is 69.4 cm³/mol. The molecule has 0 saturated heterocycles. The maximum atomic E-state index is 10.4. The minimum absolute atomic E-state index is 0.0399. The quantitative estimate of drug-likeness (QED) is 0.665. The molecule has 0 aromatic carbocycles. The van der Waals surface area contributed by atoms with E-state index >= 15 is 0 Å². The number of aromatic nitrogens is 3. The third-order valence-electron chi connectivity index (χ3n) is 2.49. The van der Waals surface area contributed by atoms with Crippen LogP contribution in [0.5, 0.6) is 0 Å². The van der Waals surface area contributed by atoms with Gasteiger partial charge in [0.2, 0.25) is 5.91 Å². The van der Waals surface area contributed by atoms with Crippen LogP contribution in [0.1, 0.15) is 11.3 Å². The summed E-state index contributed by atoms with van der Waals surface area (Å²) in [6.45, 7) is 3.65. The van der Waals surface area contributed by atoms with E-state index in [9.17, 15) is 4.79 Å². The fraction of sp³-hybridized carbons (Fsp3) is 0.417. The maximum absolute atomic E-state index is 10.4. The molecule has 2 aromatic rings. The number of nitrogens with two attached hydrogens (primary N) is 1. The van der Waals surface area contributed by atoms with E-state index in [4.69, 9.17) is 10.5 Å². The van der Waals surface area contributed by atoms with Gasteiger partial charge in [0, 0.05) is 37.1 Å². The van der Waals surface area contributed by atoms with Crippen LogP contribution >= 0.6 is 0 Å². The summed E-state index contributed by atoms with van der Waals surface area (Å²) in [5.41, 5.74) is 7.76. The molecule has 0 aliphatic carbocycles. The number of nitrogens with one attached hydrogen (secondary N) is 1. The number of ether oxygens (including phenoxy) is 1. The van der Waals surface area contributed by atoms with E-state index < -0.39 is 5.91 Å². The molecule has 0 unspecified atom stereocenters. The molecule has 0 saturated carbocycles. The Morgan fingerprint density at radius 2 is 2.42 bits per heavy atom. The van der Waals surface area contributed by atoms with Crippen LogP contribution in [0, 0.1) is 6.92 Å². The van der Waals surface area contributed by atoms with Crippen LogP contribution in [0.25, 0.3) is 5.65 Å². The van der Waals surface area contributed by atoms with Gasteiger partial charge in [0.15, 0.2) is 5.65 Å². The molecule has 0 aliphatic heterocycles. The van der Waals surface area contributed by atoms with Crippen LogP contribution in [0.2, 0.25) is 0 Å². The van der Waals surface area contributed by atoms with Gasteiger partial charge >= 0.3 is 0 Å². The number of hydrogen-bond donors (Lipinski definition) is 2. The SMILES string of the molecule is Cc1cc2ncc(CNCCOCC(N)=O)cn2n1. The van der Waals surface area contributed by atoms with Gasteiger partial charge in [-0.15, -0.1) is 0 Å². The normalized spacial score (nSPS) is 11.0. The lowest BCUT2D eigenvalue weighted by molar-refractivity contribution is -0.122. The zero-order valence-corrected chi connectivity index (χ0v) is 10.8. The van der Waals surface area contributed by atoms with Gasteiger partial charge < -0.3 is 15.8 Å². The molecule has 2 rings (SSSR count). The van der Waals surface area contributed by atoms with Gasteiger partial charge in [-0.2, -0.15) is 5.10 Å². The molecule has 2 heterocycles. The minimum Gasteiger partial charge on any atom is -0.370 e. The molecule has 0 spiro atoms. The summed E-state index contributed by atoms with van der Waals surface area (Å²) in [5, 5.41) is 7.49. The minimum atomic E-state index is -0.455. The lowest BCUT2D eigenvalue weighted by Crippen LogP contribution is -2.23. The Morgan fingerprint density at radius 3 is 3.21 bits per heavy atom. The Hall–Kier alpha value is -1.99. The van der Waals surface area contributed by atoms with Crippen molar-refractivity contribution in [2.45, 2.75) is 13.5 Å². The Morgan fingerprint density at radius 1 is 1.58 bits per heavy atom. The number of carbonyl (C=O) groups excluding carboxylic acids is 1. The van der Waals surface area contributed by atoms with Crippen molar-refractivity contribution in [3.05, 3.63) is 29.7 Å². The molecule has 102 valence electrons. The van der Waals surface area contributed by atoms with Gasteiger partial charge in [0.25, 0.3) is 0 Å². The second-order valence-corrected chi connectivity index (χ2v) is 4.25. The van der Waals surface area contributed by atoms with Crippen LogP contribution in [0.3, 0.4) is 0 Å². The standard InChI is InChI=1S/C12H17N5O2/c1-9-4-12-15-6-10(7-17(12)16-9)5-14-2-3-19-8-11(13)18/h4,6-7,14H,2-3,5,8H2,1H3,(H2,13,18). The average Bonchev–Trinajstić information content (AvgIpc) is 2.72. The zero-order valence-electron chi connectivity index (χ0n) is 10.8. The lowest BCUT2D eigenvalue weighted by Gasteiger charge is -2.05. The van der Waals surface area contributed by atoms with Crippen LogP contribution in [0.15, 0.2) is 18.5 Å². The van der Waals surface area contributed by atoms with Crippen molar-refractivity contribution in [1.29, 1.82) is 0 Å². The number of nitrogens with zero attached hydrogens (tertiary/aromatic N) is 3. The summed E-state index contributed by atoms with van der Waals surface area (Å²) in [7, 11) is 0. The number of amides is 1. The van der Waals surface area contributed by atoms with Crippen LogP contribution < -0.4 is 11.1 Å². The molecule has 7 heteroatoms. The summed E-state index contributed by atoms with van der Waals surface area (Å²) in [4.78, 5) is 14.7. The fourth-order valence-electron chi connectivity index (χ4n) is 1.67. The van der Waals surface area contributed by atoms with Gasteiger partial charge in [-0.1, -0.05) is 0 Å². The number of primary amides is 1. The molecule has 0 fully saturated rings. The third-order valence-corrected chi connectivity index (χ3v) is 2.49. The molecule has 3 N–H and O–H groups in total. The highest BCUT2D eigenvalue weighted by Crippen LogP contribution is 2.04. The highest BCUT2D eigenvalue weighted by atomic mass is 16.5. The highest BCUT2D eigenvalue weighted by molar-refractivity contribution is 5.74. The average molecular weight is 263 g/mol. The van der Waals surface area contributed by atoms with Crippen molar-refractivity contribution in [3.63, 3.8) is 0 Å². The summed E-state index contributed by atoms with van der Waals surface area (Å²) >= 11 is 0. The second kappa shape index (κ2) is 6.26. The Bertz CT molecular complexity index is 566. The van der Waals surface area contributed by atoms with Gasteiger partial charge in [-0.3, -0.25) is 4.79 Å². The molecular weight excluding hydrogens is 246 g/mol. The van der Waals surface area contributed by atoms with E-state index in [-0.39, 0.29) is 6.61 Å². The van der Waals surface area contributed by atoms with E-state index in [1.807, 2.05) is 25.4 Å². The first kappa shape index (κ1) is 13.4. The largest absolute Gasteiger partial charge is 0.370 e. The van der Waals surface area contributed by atoms with Crippen molar-refractivity contribution in [1.82, 2.24) is 19.9 Å². The van der Waals surface area contributed by atoms with Gasteiger partial charge in [0.1, 0.15) is 6.61 Å².